The van der Waals surface area contributed by atoms with Crippen molar-refractivity contribution in [1.82, 2.24) is 10.2 Å². The lowest BCUT2D eigenvalue weighted by Crippen LogP contribution is -2.45. The van der Waals surface area contributed by atoms with Gasteiger partial charge in [-0.2, -0.15) is 0 Å². The molecule has 1 saturated heterocycles. The summed E-state index contributed by atoms with van der Waals surface area (Å²) in [6, 6.07) is 10.4. The third-order valence-electron chi connectivity index (χ3n) is 6.04. The zero-order valence-electron chi connectivity index (χ0n) is 16.4. The van der Waals surface area contributed by atoms with Gasteiger partial charge in [-0.15, -0.1) is 11.3 Å². The molecule has 0 spiro atoms. The molecule has 4 nitrogen and oxygen atoms in total. The van der Waals surface area contributed by atoms with Crippen LogP contribution in [0.4, 0.5) is 0 Å². The summed E-state index contributed by atoms with van der Waals surface area (Å²) >= 11 is 1.46. The number of amides is 2. The van der Waals surface area contributed by atoms with Crippen LogP contribution in [0.25, 0.3) is 0 Å². The number of rotatable bonds is 4. The Morgan fingerprint density at radius 3 is 2.75 bits per heavy atom. The molecular formula is C23H28N2O2S. The van der Waals surface area contributed by atoms with Crippen LogP contribution in [0.15, 0.2) is 35.7 Å². The Balaban J connectivity index is 1.38. The molecule has 28 heavy (non-hydrogen) atoms. The Morgan fingerprint density at radius 1 is 1.14 bits per heavy atom. The van der Waals surface area contributed by atoms with Crippen LogP contribution < -0.4 is 5.32 Å². The van der Waals surface area contributed by atoms with Gasteiger partial charge in [0.05, 0.1) is 16.8 Å². The van der Waals surface area contributed by atoms with Crippen LogP contribution in [0.5, 0.6) is 0 Å². The summed E-state index contributed by atoms with van der Waals surface area (Å²) in [5.41, 5.74) is 4.08. The number of carbonyl (C=O) groups excluding carboxylic acids is 2. The third kappa shape index (κ3) is 4.14. The largest absolute Gasteiger partial charge is 0.349 e. The highest BCUT2D eigenvalue weighted by Crippen LogP contribution is 2.26. The van der Waals surface area contributed by atoms with Crippen LogP contribution in [0.2, 0.25) is 0 Å². The topological polar surface area (TPSA) is 49.4 Å². The second kappa shape index (κ2) is 8.48. The lowest BCUT2D eigenvalue weighted by atomic mass is 9.89. The lowest BCUT2D eigenvalue weighted by Gasteiger charge is -2.32. The average Bonchev–Trinajstić information content (AvgIpc) is 3.27. The molecule has 2 amide bonds. The fourth-order valence-corrected chi connectivity index (χ4v) is 5.06. The monoisotopic (exact) mass is 396 g/mol. The normalized spacial score (nSPS) is 20.3. The quantitative estimate of drug-likeness (QED) is 0.835. The summed E-state index contributed by atoms with van der Waals surface area (Å²) in [5.74, 6) is -0.0122. The van der Waals surface area contributed by atoms with Crippen LogP contribution in [0.1, 0.15) is 65.0 Å². The summed E-state index contributed by atoms with van der Waals surface area (Å²) in [4.78, 5) is 28.1. The molecule has 0 radical (unpaired) electrons. The number of piperidine rings is 1. The van der Waals surface area contributed by atoms with E-state index in [1.807, 2.05) is 22.4 Å². The number of hydrogen-bond acceptors (Lipinski definition) is 3. The summed E-state index contributed by atoms with van der Waals surface area (Å²) in [5, 5.41) is 5.11. The molecule has 0 saturated carbocycles. The number of benzene rings is 1. The van der Waals surface area contributed by atoms with E-state index >= 15 is 0 Å². The first-order valence-electron chi connectivity index (χ1n) is 10.4. The van der Waals surface area contributed by atoms with Gasteiger partial charge >= 0.3 is 0 Å². The van der Waals surface area contributed by atoms with Gasteiger partial charge in [-0.1, -0.05) is 24.3 Å². The Morgan fingerprint density at radius 2 is 1.96 bits per heavy atom. The fraction of sp³-hybridized carbons (Fsp3) is 0.478. The van der Waals surface area contributed by atoms with E-state index in [9.17, 15) is 9.59 Å². The zero-order chi connectivity index (χ0) is 19.5. The Hall–Kier alpha value is -2.14. The molecule has 4 rings (SSSR count). The lowest BCUT2D eigenvalue weighted by molar-refractivity contribution is -0.127. The summed E-state index contributed by atoms with van der Waals surface area (Å²) in [6.07, 6.45) is 6.58. The van der Waals surface area contributed by atoms with Crippen LogP contribution in [-0.2, 0) is 17.6 Å². The predicted octanol–water partition coefficient (Wildman–Crippen LogP) is 4.36. The Bertz CT molecular complexity index is 846. The van der Waals surface area contributed by atoms with Crippen molar-refractivity contribution in [2.45, 2.75) is 51.5 Å². The molecule has 1 aromatic carbocycles. The van der Waals surface area contributed by atoms with Crippen molar-refractivity contribution in [3.63, 3.8) is 0 Å². The Kier molecular flexibility index (Phi) is 5.81. The Labute approximate surface area is 170 Å². The maximum absolute atomic E-state index is 12.9. The molecule has 2 unspecified atom stereocenters. The van der Waals surface area contributed by atoms with Gasteiger partial charge in [-0.05, 0) is 73.6 Å². The molecule has 1 fully saturated rings. The van der Waals surface area contributed by atoms with Gasteiger partial charge in [0.1, 0.15) is 0 Å². The van der Waals surface area contributed by atoms with Crippen LogP contribution in [0.3, 0.4) is 0 Å². The number of thiophene rings is 1. The van der Waals surface area contributed by atoms with Crippen LogP contribution in [-0.4, -0.2) is 29.8 Å². The van der Waals surface area contributed by atoms with Crippen molar-refractivity contribution in [2.75, 3.05) is 13.1 Å². The van der Waals surface area contributed by atoms with Gasteiger partial charge in [-0.25, -0.2) is 0 Å². The number of nitrogens with zero attached hydrogens (tertiary/aromatic N) is 1. The van der Waals surface area contributed by atoms with Crippen molar-refractivity contribution in [1.29, 1.82) is 0 Å². The molecule has 0 bridgehead atoms. The van der Waals surface area contributed by atoms with Gasteiger partial charge in [0.15, 0.2) is 0 Å². The smallest absolute Gasteiger partial charge is 0.263 e. The van der Waals surface area contributed by atoms with Crippen molar-refractivity contribution in [3.8, 4) is 0 Å². The summed E-state index contributed by atoms with van der Waals surface area (Å²) < 4.78 is 0. The second-order valence-corrected chi connectivity index (χ2v) is 8.98. The first-order chi connectivity index (χ1) is 13.6. The minimum absolute atomic E-state index is 0.0110. The summed E-state index contributed by atoms with van der Waals surface area (Å²) in [6.45, 7) is 3.31. The molecule has 2 aromatic rings. The van der Waals surface area contributed by atoms with Crippen LogP contribution >= 0.6 is 11.3 Å². The fourth-order valence-electron chi connectivity index (χ4n) is 4.37. The highest BCUT2D eigenvalue weighted by Gasteiger charge is 2.30. The highest BCUT2D eigenvalue weighted by molar-refractivity contribution is 7.12. The molecule has 1 aromatic heterocycles. The zero-order valence-corrected chi connectivity index (χ0v) is 17.3. The number of nitrogens with one attached hydrogen (secondary N) is 1. The van der Waals surface area contributed by atoms with Crippen LogP contribution in [0, 0.1) is 5.92 Å². The number of likely N-dealkylation sites (tertiary alicyclic amines) is 1. The van der Waals surface area contributed by atoms with Gasteiger partial charge < -0.3 is 10.2 Å². The average molecular weight is 397 g/mol. The molecular weight excluding hydrogens is 368 g/mol. The second-order valence-electron chi connectivity index (χ2n) is 8.03. The van der Waals surface area contributed by atoms with E-state index in [-0.39, 0.29) is 23.8 Å². The van der Waals surface area contributed by atoms with E-state index < -0.39 is 0 Å². The standard InChI is InChI=1S/C23H28N2O2S/c1-16(18-11-10-17-6-2-3-7-19(17)14-18)24-22(26)20-8-4-12-25(15-20)23(27)21-9-5-13-28-21/h5,9-11,13-14,16,20H,2-4,6-8,12,15H2,1H3,(H,24,26). The molecule has 1 aliphatic carbocycles. The number of aryl methyl sites for hydroxylation is 2. The molecule has 5 heteroatoms. The number of fused-ring (bicyclic) bond motifs is 1. The minimum Gasteiger partial charge on any atom is -0.349 e. The van der Waals surface area contributed by atoms with Crippen molar-refractivity contribution >= 4 is 23.2 Å². The minimum atomic E-state index is -0.127. The van der Waals surface area contributed by atoms with E-state index in [0.29, 0.717) is 6.54 Å². The maximum Gasteiger partial charge on any atom is 0.263 e. The molecule has 2 atom stereocenters. The molecule has 148 valence electrons. The van der Waals surface area contributed by atoms with E-state index in [1.54, 1.807) is 0 Å². The number of hydrogen-bond donors (Lipinski definition) is 1. The maximum atomic E-state index is 12.9. The van der Waals surface area contributed by atoms with E-state index in [1.165, 1.54) is 47.3 Å². The molecule has 2 aliphatic rings. The van der Waals surface area contributed by atoms with Crippen molar-refractivity contribution in [2.24, 2.45) is 5.92 Å². The van der Waals surface area contributed by atoms with Gasteiger partial charge in [0.2, 0.25) is 5.91 Å². The molecule has 1 aliphatic heterocycles. The summed E-state index contributed by atoms with van der Waals surface area (Å²) in [7, 11) is 0. The number of carbonyl (C=O) groups is 2. The predicted molar refractivity (Wildman–Crippen MR) is 113 cm³/mol. The van der Waals surface area contributed by atoms with Crippen molar-refractivity contribution in [3.05, 3.63) is 57.3 Å². The highest BCUT2D eigenvalue weighted by atomic mass is 32.1. The van der Waals surface area contributed by atoms with E-state index in [2.05, 4.69) is 30.4 Å². The first kappa shape index (κ1) is 19.2. The van der Waals surface area contributed by atoms with Gasteiger partial charge in [0, 0.05) is 13.1 Å². The van der Waals surface area contributed by atoms with Gasteiger partial charge in [-0.3, -0.25) is 9.59 Å². The SMILES string of the molecule is CC(NC(=O)C1CCCN(C(=O)c2cccs2)C1)c1ccc2c(c1)CCCC2. The van der Waals surface area contributed by atoms with Gasteiger partial charge in [0.25, 0.3) is 5.91 Å². The van der Waals surface area contributed by atoms with E-state index in [0.717, 1.165) is 30.7 Å². The molecule has 1 N–H and O–H groups in total. The van der Waals surface area contributed by atoms with E-state index in [4.69, 9.17) is 0 Å². The third-order valence-corrected chi connectivity index (χ3v) is 6.90. The van der Waals surface area contributed by atoms with Crippen molar-refractivity contribution < 1.29 is 9.59 Å². The molecule has 2 heterocycles. The first-order valence-corrected chi connectivity index (χ1v) is 11.2.